The van der Waals surface area contributed by atoms with Crippen molar-refractivity contribution in [3.8, 4) is 0 Å². The fraction of sp³-hybridized carbons (Fsp3) is 1.00. The van der Waals surface area contributed by atoms with E-state index in [-0.39, 0.29) is 6.10 Å². The first-order chi connectivity index (χ1) is 3.79. The highest BCUT2D eigenvalue weighted by molar-refractivity contribution is 5.03. The Morgan fingerprint density at radius 2 is 2.38 bits per heavy atom. The van der Waals surface area contributed by atoms with Gasteiger partial charge in [-0.2, -0.15) is 0 Å². The van der Waals surface area contributed by atoms with Gasteiger partial charge in [0.1, 0.15) is 0 Å². The molecule has 0 aromatic rings. The van der Waals surface area contributed by atoms with Crippen molar-refractivity contribution >= 4 is 0 Å². The Kier molecular flexibility index (Phi) is 0.746. The van der Waals surface area contributed by atoms with Crippen LogP contribution in [-0.2, 0) is 0 Å². The molecule has 0 aromatic carbocycles. The van der Waals surface area contributed by atoms with Gasteiger partial charge in [-0.25, -0.2) is 0 Å². The molecule has 3 aliphatic rings. The van der Waals surface area contributed by atoms with E-state index in [1.54, 1.807) is 0 Å². The monoisotopic (exact) mass is 113 g/mol. The minimum absolute atomic E-state index is 0.0139. The van der Waals surface area contributed by atoms with E-state index < -0.39 is 0 Å². The van der Waals surface area contributed by atoms with Crippen molar-refractivity contribution in [3.63, 3.8) is 0 Å². The van der Waals surface area contributed by atoms with E-state index in [1.807, 2.05) is 0 Å². The molecule has 8 heavy (non-hydrogen) atoms. The number of likely N-dealkylation sites (N-methyl/N-ethyl adjacent to an activating group) is 1. The van der Waals surface area contributed by atoms with E-state index in [1.165, 1.54) is 6.42 Å². The average molecular weight is 113 g/mol. The largest absolute Gasteiger partial charge is 0.391 e. The number of aliphatic hydroxyl groups is 1. The maximum absolute atomic E-state index is 9.18. The average Bonchev–Trinajstić information content (AvgIpc) is 2.19. The van der Waals surface area contributed by atoms with Crippen LogP contribution in [0.3, 0.4) is 0 Å². The van der Waals surface area contributed by atoms with E-state index in [0.29, 0.717) is 12.0 Å². The van der Waals surface area contributed by atoms with Gasteiger partial charge in [0.15, 0.2) is 0 Å². The number of hydrogen-bond donors (Lipinski definition) is 1. The third kappa shape index (κ3) is 0.361. The second-order valence-corrected chi connectivity index (χ2v) is 2.99. The van der Waals surface area contributed by atoms with Gasteiger partial charge in [0.05, 0.1) is 6.10 Å². The maximum atomic E-state index is 9.18. The normalized spacial score (nSPS) is 54.0. The number of nitrogens with zero attached hydrogens (tertiary/aromatic N) is 1. The molecule has 2 aliphatic heterocycles. The van der Waals surface area contributed by atoms with E-state index in [2.05, 4.69) is 11.9 Å². The Hall–Kier alpha value is -0.0800. The second-order valence-electron chi connectivity index (χ2n) is 2.99. The fourth-order valence-corrected chi connectivity index (χ4v) is 1.84. The first-order valence-electron chi connectivity index (χ1n) is 3.17. The fourth-order valence-electron chi connectivity index (χ4n) is 1.84. The van der Waals surface area contributed by atoms with Crippen LogP contribution in [0.25, 0.3) is 0 Å². The van der Waals surface area contributed by atoms with Crippen molar-refractivity contribution in [2.24, 2.45) is 5.92 Å². The van der Waals surface area contributed by atoms with Gasteiger partial charge in [0.2, 0.25) is 0 Å². The van der Waals surface area contributed by atoms with Crippen molar-refractivity contribution in [2.75, 3.05) is 13.6 Å². The predicted molar refractivity (Wildman–Crippen MR) is 30.5 cm³/mol. The minimum atomic E-state index is 0.0139. The Labute approximate surface area is 49.1 Å². The summed E-state index contributed by atoms with van der Waals surface area (Å²) in [6, 6.07) is 0.514. The van der Waals surface area contributed by atoms with Crippen LogP contribution in [0.4, 0.5) is 0 Å². The van der Waals surface area contributed by atoms with Gasteiger partial charge in [0.25, 0.3) is 0 Å². The summed E-state index contributed by atoms with van der Waals surface area (Å²) in [6.07, 6.45) is 1.25. The molecule has 0 amide bonds. The zero-order valence-corrected chi connectivity index (χ0v) is 5.04. The lowest BCUT2D eigenvalue weighted by molar-refractivity contribution is 0.0267. The third-order valence-corrected chi connectivity index (χ3v) is 2.51. The first kappa shape index (κ1) is 4.77. The quantitative estimate of drug-likeness (QED) is 0.465. The lowest BCUT2D eigenvalue weighted by Gasteiger charge is -2.31. The highest BCUT2D eigenvalue weighted by atomic mass is 16.3. The minimum Gasteiger partial charge on any atom is -0.391 e. The number of aliphatic hydroxyl groups excluding tert-OH is 1. The summed E-state index contributed by atoms with van der Waals surface area (Å²) in [5.74, 6) is 0.616. The summed E-state index contributed by atoms with van der Waals surface area (Å²) in [5.41, 5.74) is 0. The molecular weight excluding hydrogens is 102 g/mol. The number of rotatable bonds is 0. The summed E-state index contributed by atoms with van der Waals surface area (Å²) in [7, 11) is 2.08. The Morgan fingerprint density at radius 3 is 2.50 bits per heavy atom. The van der Waals surface area contributed by atoms with E-state index in [9.17, 15) is 5.11 Å². The second kappa shape index (κ2) is 1.25. The molecule has 1 saturated carbocycles. The standard InChI is InChI=1S/C6H11NO/c1-7-3-4-2-5(7)6(4)8/h4-6,8H,2-3H2,1H3. The van der Waals surface area contributed by atoms with Crippen molar-refractivity contribution in [2.45, 2.75) is 18.6 Å². The van der Waals surface area contributed by atoms with Crippen molar-refractivity contribution < 1.29 is 5.11 Å². The molecule has 2 saturated heterocycles. The maximum Gasteiger partial charge on any atom is 0.0736 e. The highest BCUT2D eigenvalue weighted by Crippen LogP contribution is 2.39. The topological polar surface area (TPSA) is 23.5 Å². The van der Waals surface area contributed by atoms with Crippen LogP contribution in [0.1, 0.15) is 6.42 Å². The molecule has 0 spiro atoms. The predicted octanol–water partition coefficient (Wildman–Crippen LogP) is -0.319. The molecule has 3 rings (SSSR count). The molecule has 0 aromatic heterocycles. The van der Waals surface area contributed by atoms with E-state index in [4.69, 9.17) is 0 Å². The van der Waals surface area contributed by atoms with E-state index in [0.717, 1.165) is 6.54 Å². The molecule has 2 nitrogen and oxygen atoms in total. The van der Waals surface area contributed by atoms with E-state index >= 15 is 0 Å². The Morgan fingerprint density at radius 1 is 1.62 bits per heavy atom. The van der Waals surface area contributed by atoms with Gasteiger partial charge in [-0.3, -0.25) is 0 Å². The van der Waals surface area contributed by atoms with Gasteiger partial charge in [-0.05, 0) is 13.5 Å². The number of fused-ring (bicyclic) bond motifs is 1. The van der Waals surface area contributed by atoms with Crippen LogP contribution >= 0.6 is 0 Å². The smallest absolute Gasteiger partial charge is 0.0736 e. The molecule has 3 atom stereocenters. The summed E-state index contributed by atoms with van der Waals surface area (Å²) >= 11 is 0. The van der Waals surface area contributed by atoms with Gasteiger partial charge < -0.3 is 10.0 Å². The van der Waals surface area contributed by atoms with Gasteiger partial charge in [-0.1, -0.05) is 0 Å². The Balaban J connectivity index is 2.13. The zero-order valence-electron chi connectivity index (χ0n) is 5.04. The summed E-state index contributed by atoms with van der Waals surface area (Å²) in [6.45, 7) is 1.12. The zero-order chi connectivity index (χ0) is 5.72. The number of hydrogen-bond acceptors (Lipinski definition) is 2. The molecule has 2 heteroatoms. The van der Waals surface area contributed by atoms with Crippen LogP contribution in [0.2, 0.25) is 0 Å². The van der Waals surface area contributed by atoms with Gasteiger partial charge in [-0.15, -0.1) is 0 Å². The molecule has 2 heterocycles. The van der Waals surface area contributed by atoms with Crippen LogP contribution in [-0.4, -0.2) is 35.7 Å². The molecule has 0 radical (unpaired) electrons. The lowest BCUT2D eigenvalue weighted by atomic mass is 9.83. The summed E-state index contributed by atoms with van der Waals surface area (Å²) < 4.78 is 0. The van der Waals surface area contributed by atoms with Crippen molar-refractivity contribution in [3.05, 3.63) is 0 Å². The van der Waals surface area contributed by atoms with Gasteiger partial charge in [0, 0.05) is 18.5 Å². The van der Waals surface area contributed by atoms with Crippen molar-refractivity contribution in [1.82, 2.24) is 4.90 Å². The molecule has 3 fully saturated rings. The summed E-state index contributed by atoms with van der Waals surface area (Å²) in [5, 5.41) is 9.18. The SMILES string of the molecule is CN1CC2CC1C2O. The molecule has 1 aliphatic carbocycles. The Bertz CT molecular complexity index is 111. The van der Waals surface area contributed by atoms with Crippen LogP contribution in [0.5, 0.6) is 0 Å². The lowest BCUT2D eigenvalue weighted by Crippen LogP contribution is -2.42. The molecule has 2 bridgehead atoms. The highest BCUT2D eigenvalue weighted by Gasteiger charge is 2.49. The first-order valence-corrected chi connectivity index (χ1v) is 3.17. The van der Waals surface area contributed by atoms with Gasteiger partial charge >= 0.3 is 0 Å². The van der Waals surface area contributed by atoms with Crippen molar-refractivity contribution in [1.29, 1.82) is 0 Å². The van der Waals surface area contributed by atoms with Crippen LogP contribution < -0.4 is 0 Å². The summed E-state index contributed by atoms with van der Waals surface area (Å²) in [4.78, 5) is 2.25. The molecule has 1 N–H and O–H groups in total. The third-order valence-electron chi connectivity index (χ3n) is 2.51. The van der Waals surface area contributed by atoms with Crippen LogP contribution in [0, 0.1) is 5.92 Å². The van der Waals surface area contributed by atoms with Crippen LogP contribution in [0.15, 0.2) is 0 Å². The molecule has 46 valence electrons. The molecule has 3 unspecified atom stereocenters. The molecular formula is C6H11NO.